The first-order valence-electron chi connectivity index (χ1n) is 8.67. The maximum absolute atomic E-state index is 12.4. The molecule has 0 unspecified atom stereocenters. The van der Waals surface area contributed by atoms with E-state index in [1.54, 1.807) is 6.07 Å². The van der Waals surface area contributed by atoms with Crippen LogP contribution in [0, 0.1) is 0 Å². The van der Waals surface area contributed by atoms with E-state index in [2.05, 4.69) is 43.3 Å². The molecular weight excluding hydrogens is 322 g/mol. The summed E-state index contributed by atoms with van der Waals surface area (Å²) in [6.45, 7) is 1.16. The zero-order valence-corrected chi connectivity index (χ0v) is 15.2. The lowest BCUT2D eigenvalue weighted by atomic mass is 10.0. The van der Waals surface area contributed by atoms with Gasteiger partial charge in [0.2, 0.25) is 0 Å². The molecule has 0 bridgehead atoms. The fraction of sp³-hybridized carbons (Fsp3) is 0.174. The minimum atomic E-state index is -0.305. The fourth-order valence-corrected chi connectivity index (χ4v) is 2.85. The van der Waals surface area contributed by atoms with E-state index in [9.17, 15) is 4.79 Å². The lowest BCUT2D eigenvalue weighted by Crippen LogP contribution is -2.10. The molecule has 3 aromatic rings. The summed E-state index contributed by atoms with van der Waals surface area (Å²) in [6.07, 6.45) is 0. The summed E-state index contributed by atoms with van der Waals surface area (Å²) in [6, 6.07) is 25.7. The van der Waals surface area contributed by atoms with Gasteiger partial charge in [-0.15, -0.1) is 0 Å². The van der Waals surface area contributed by atoms with Gasteiger partial charge in [0.25, 0.3) is 0 Å². The maximum Gasteiger partial charge on any atom is 0.338 e. The third kappa shape index (κ3) is 4.80. The molecule has 0 saturated carbocycles. The van der Waals surface area contributed by atoms with Gasteiger partial charge in [-0.05, 0) is 54.5 Å². The highest BCUT2D eigenvalue weighted by molar-refractivity contribution is 5.91. The van der Waals surface area contributed by atoms with Crippen LogP contribution in [0.1, 0.15) is 21.5 Å². The second-order valence-corrected chi connectivity index (χ2v) is 6.58. The highest BCUT2D eigenvalue weighted by atomic mass is 16.5. The molecule has 0 aliphatic rings. The summed E-state index contributed by atoms with van der Waals surface area (Å²) in [5.74, 6) is -0.305. The van der Waals surface area contributed by atoms with Crippen LogP contribution in [0.15, 0.2) is 78.9 Å². The van der Waals surface area contributed by atoms with Gasteiger partial charge in [0.15, 0.2) is 0 Å². The molecule has 3 heteroatoms. The van der Waals surface area contributed by atoms with E-state index < -0.39 is 0 Å². The average molecular weight is 345 g/mol. The Hall–Kier alpha value is -2.91. The number of carbonyl (C=O) groups excluding carboxylic acids is 1. The van der Waals surface area contributed by atoms with Gasteiger partial charge in [-0.25, -0.2) is 4.79 Å². The molecule has 26 heavy (non-hydrogen) atoms. The summed E-state index contributed by atoms with van der Waals surface area (Å²) < 4.78 is 5.44. The van der Waals surface area contributed by atoms with Gasteiger partial charge in [-0.3, -0.25) is 0 Å². The normalized spacial score (nSPS) is 10.7. The van der Waals surface area contributed by atoms with Crippen LogP contribution in [0.4, 0.5) is 0 Å². The zero-order valence-electron chi connectivity index (χ0n) is 15.2. The number of hydrogen-bond acceptors (Lipinski definition) is 3. The molecule has 0 radical (unpaired) electrons. The minimum Gasteiger partial charge on any atom is -0.457 e. The molecule has 0 amide bonds. The van der Waals surface area contributed by atoms with Crippen LogP contribution < -0.4 is 0 Å². The molecule has 132 valence electrons. The number of esters is 1. The molecule has 3 rings (SSSR count). The van der Waals surface area contributed by atoms with Gasteiger partial charge >= 0.3 is 5.97 Å². The predicted molar refractivity (Wildman–Crippen MR) is 105 cm³/mol. The largest absolute Gasteiger partial charge is 0.457 e. The molecule has 0 aromatic heterocycles. The Labute approximate surface area is 154 Å². The van der Waals surface area contributed by atoms with Gasteiger partial charge in [-0.2, -0.15) is 0 Å². The lowest BCUT2D eigenvalue weighted by Gasteiger charge is -2.11. The minimum absolute atomic E-state index is 0.280. The van der Waals surface area contributed by atoms with E-state index in [4.69, 9.17) is 4.74 Å². The molecule has 0 aliphatic carbocycles. The Morgan fingerprint density at radius 3 is 2.19 bits per heavy atom. The molecule has 0 heterocycles. The van der Waals surface area contributed by atoms with Crippen molar-refractivity contribution >= 4 is 5.97 Å². The zero-order chi connectivity index (χ0) is 18.4. The molecule has 3 aromatic carbocycles. The molecule has 3 nitrogen and oxygen atoms in total. The summed E-state index contributed by atoms with van der Waals surface area (Å²) in [7, 11) is 4.10. The Morgan fingerprint density at radius 2 is 1.46 bits per heavy atom. The van der Waals surface area contributed by atoms with Crippen LogP contribution in [-0.2, 0) is 17.9 Å². The first-order valence-corrected chi connectivity index (χ1v) is 8.67. The molecule has 0 N–H and O–H groups in total. The van der Waals surface area contributed by atoms with Gasteiger partial charge in [-0.1, -0.05) is 60.7 Å². The fourth-order valence-electron chi connectivity index (χ4n) is 2.85. The topological polar surface area (TPSA) is 29.5 Å². The Morgan fingerprint density at radius 1 is 0.808 bits per heavy atom. The van der Waals surface area contributed by atoms with E-state index in [0.29, 0.717) is 5.56 Å². The van der Waals surface area contributed by atoms with Crippen molar-refractivity contribution in [2.24, 2.45) is 0 Å². The second kappa shape index (κ2) is 8.45. The smallest absolute Gasteiger partial charge is 0.338 e. The number of ether oxygens (including phenoxy) is 1. The highest BCUT2D eigenvalue weighted by Crippen LogP contribution is 2.22. The molecule has 0 aliphatic heterocycles. The third-order valence-corrected chi connectivity index (χ3v) is 4.07. The van der Waals surface area contributed by atoms with Crippen LogP contribution in [0.25, 0.3) is 11.1 Å². The molecule has 0 fully saturated rings. The summed E-state index contributed by atoms with van der Waals surface area (Å²) >= 11 is 0. The average Bonchev–Trinajstić information content (AvgIpc) is 2.67. The lowest BCUT2D eigenvalue weighted by molar-refractivity contribution is 0.0473. The van der Waals surface area contributed by atoms with Crippen molar-refractivity contribution < 1.29 is 9.53 Å². The van der Waals surface area contributed by atoms with Crippen LogP contribution in [0.2, 0.25) is 0 Å². The van der Waals surface area contributed by atoms with Crippen molar-refractivity contribution in [1.82, 2.24) is 4.90 Å². The number of nitrogens with zero attached hydrogens (tertiary/aromatic N) is 1. The SMILES string of the molecule is CN(C)Cc1cccc(-c2cccc(C(=O)OCc3ccccc3)c2)c1. The molecular formula is C23H23NO2. The first-order chi connectivity index (χ1) is 12.6. The second-order valence-electron chi connectivity index (χ2n) is 6.58. The van der Waals surface area contributed by atoms with Crippen molar-refractivity contribution in [3.05, 3.63) is 95.6 Å². The number of rotatable bonds is 6. The van der Waals surface area contributed by atoms with E-state index in [-0.39, 0.29) is 12.6 Å². The Balaban J connectivity index is 1.74. The van der Waals surface area contributed by atoms with Crippen molar-refractivity contribution in [1.29, 1.82) is 0 Å². The van der Waals surface area contributed by atoms with Crippen molar-refractivity contribution in [2.75, 3.05) is 14.1 Å². The van der Waals surface area contributed by atoms with Crippen LogP contribution >= 0.6 is 0 Å². The number of benzene rings is 3. The van der Waals surface area contributed by atoms with Crippen LogP contribution in [0.5, 0.6) is 0 Å². The summed E-state index contributed by atoms with van der Waals surface area (Å²) in [5.41, 5.74) is 4.90. The molecule has 0 spiro atoms. The highest BCUT2D eigenvalue weighted by Gasteiger charge is 2.09. The van der Waals surface area contributed by atoms with Crippen molar-refractivity contribution in [2.45, 2.75) is 13.2 Å². The Bertz CT molecular complexity index is 872. The van der Waals surface area contributed by atoms with Crippen molar-refractivity contribution in [3.8, 4) is 11.1 Å². The predicted octanol–water partition coefficient (Wildman–Crippen LogP) is 4.77. The summed E-state index contributed by atoms with van der Waals surface area (Å²) in [5, 5.41) is 0. The number of hydrogen-bond donors (Lipinski definition) is 0. The first kappa shape index (κ1) is 17.9. The van der Waals surface area contributed by atoms with E-state index in [1.807, 2.05) is 48.5 Å². The third-order valence-electron chi connectivity index (χ3n) is 4.07. The van der Waals surface area contributed by atoms with E-state index in [1.165, 1.54) is 5.56 Å². The van der Waals surface area contributed by atoms with Gasteiger partial charge in [0.1, 0.15) is 6.61 Å². The van der Waals surface area contributed by atoms with Gasteiger partial charge < -0.3 is 9.64 Å². The monoisotopic (exact) mass is 345 g/mol. The number of carbonyl (C=O) groups is 1. The Kier molecular flexibility index (Phi) is 5.82. The van der Waals surface area contributed by atoms with Gasteiger partial charge in [0, 0.05) is 6.54 Å². The van der Waals surface area contributed by atoms with Gasteiger partial charge in [0.05, 0.1) is 5.56 Å². The maximum atomic E-state index is 12.4. The molecule has 0 saturated heterocycles. The quantitative estimate of drug-likeness (QED) is 0.603. The summed E-state index contributed by atoms with van der Waals surface area (Å²) in [4.78, 5) is 14.5. The standard InChI is InChI=1S/C23H23NO2/c1-24(2)16-19-10-6-11-20(14-19)21-12-7-13-22(15-21)23(25)26-17-18-8-4-3-5-9-18/h3-15H,16-17H2,1-2H3. The molecule has 0 atom stereocenters. The van der Waals surface area contributed by atoms with Crippen LogP contribution in [-0.4, -0.2) is 25.0 Å². The van der Waals surface area contributed by atoms with Crippen LogP contribution in [0.3, 0.4) is 0 Å². The van der Waals surface area contributed by atoms with Crippen molar-refractivity contribution in [3.63, 3.8) is 0 Å². The van der Waals surface area contributed by atoms with E-state index in [0.717, 1.165) is 23.2 Å². The van der Waals surface area contributed by atoms with E-state index >= 15 is 0 Å².